The maximum absolute atomic E-state index is 13.0. The Labute approximate surface area is 182 Å². The summed E-state index contributed by atoms with van der Waals surface area (Å²) < 4.78 is 12.7. The summed E-state index contributed by atoms with van der Waals surface area (Å²) in [5.41, 5.74) is -0.162. The highest BCUT2D eigenvalue weighted by Crippen LogP contribution is 2.52. The zero-order valence-electron chi connectivity index (χ0n) is 17.8. The highest BCUT2D eigenvalue weighted by molar-refractivity contribution is 14.1. The Balaban J connectivity index is 2.17. The van der Waals surface area contributed by atoms with Crippen molar-refractivity contribution in [2.75, 3.05) is 4.43 Å². The molecular weight excluding hydrogens is 493 g/mol. The van der Waals surface area contributed by atoms with Crippen LogP contribution in [0, 0.1) is 5.92 Å². The van der Waals surface area contributed by atoms with Crippen molar-refractivity contribution in [1.29, 1.82) is 0 Å². The number of hydrogen-bond donors (Lipinski definition) is 0. The lowest BCUT2D eigenvalue weighted by molar-refractivity contribution is -0.162. The molecule has 0 bridgehead atoms. The molecule has 0 aromatic rings. The third kappa shape index (κ3) is 4.58. The summed E-state index contributed by atoms with van der Waals surface area (Å²) in [4.78, 5) is 28.2. The van der Waals surface area contributed by atoms with Crippen LogP contribution in [0.15, 0.2) is 10.6 Å². The number of hydrogen-bond acceptors (Lipinski definition) is 5. The Morgan fingerprint density at radius 2 is 1.81 bits per heavy atom. The number of β-lactam (4-membered cyclic amide) rings is 1. The van der Waals surface area contributed by atoms with Crippen molar-refractivity contribution in [3.05, 3.63) is 10.6 Å². The molecule has 0 N–H and O–H groups in total. The molecule has 0 aliphatic carbocycles. The monoisotopic (exact) mass is 525 g/mol. The number of fused-ring (bicyclic) bond motifs is 1. The van der Waals surface area contributed by atoms with Gasteiger partial charge < -0.3 is 9.16 Å². The van der Waals surface area contributed by atoms with Crippen LogP contribution in [0.25, 0.3) is 0 Å². The minimum Gasteiger partial charge on any atom is -0.455 e. The molecule has 0 spiro atoms. The second-order valence-corrected chi connectivity index (χ2v) is 16.5. The lowest BCUT2D eigenvalue weighted by Gasteiger charge is -2.48. The Morgan fingerprint density at radius 1 is 1.26 bits per heavy atom. The number of nitrogens with zero attached hydrogens (tertiary/aromatic N) is 1. The number of carbonyl (C=O) groups is 2. The Kier molecular flexibility index (Phi) is 6.57. The standard InChI is InChI=1S/C19H32INO4SSi/c1-11(25-27(8,9)19(5,6)7)13-15(22)21-14(12(10-20)26-16(13)21)17(23)24-18(2,3)4/h11,13,16H,10H2,1-9H3/t11-,13+,16-/m1/s1. The predicted octanol–water partition coefficient (Wildman–Crippen LogP) is 4.92. The summed E-state index contributed by atoms with van der Waals surface area (Å²) in [5.74, 6) is -0.657. The molecule has 0 radical (unpaired) electrons. The number of amides is 1. The van der Waals surface area contributed by atoms with Gasteiger partial charge in [-0.1, -0.05) is 43.4 Å². The normalized spacial score (nSPS) is 24.7. The van der Waals surface area contributed by atoms with Crippen LogP contribution in [0.2, 0.25) is 18.1 Å². The van der Waals surface area contributed by atoms with Crippen LogP contribution in [0.5, 0.6) is 0 Å². The maximum atomic E-state index is 13.0. The highest BCUT2D eigenvalue weighted by Gasteiger charge is 2.59. The molecule has 0 aromatic heterocycles. The Hall–Kier alpha value is -0.0631. The Morgan fingerprint density at radius 3 is 2.26 bits per heavy atom. The summed E-state index contributed by atoms with van der Waals surface area (Å²) in [6, 6.07) is 0. The number of alkyl halides is 1. The van der Waals surface area contributed by atoms with Crippen LogP contribution in [0.1, 0.15) is 48.5 Å². The van der Waals surface area contributed by atoms with Gasteiger partial charge in [0.15, 0.2) is 8.32 Å². The lowest BCUT2D eigenvalue weighted by Crippen LogP contribution is -2.62. The fraction of sp³-hybridized carbons (Fsp3) is 0.789. The van der Waals surface area contributed by atoms with E-state index < -0.39 is 19.9 Å². The van der Waals surface area contributed by atoms with Crippen molar-refractivity contribution in [3.8, 4) is 0 Å². The number of halogens is 1. The summed E-state index contributed by atoms with van der Waals surface area (Å²) >= 11 is 3.85. The first-order valence-corrected chi connectivity index (χ1v) is 14.6. The fourth-order valence-corrected chi connectivity index (χ4v) is 6.74. The lowest BCUT2D eigenvalue weighted by atomic mass is 9.92. The molecule has 27 heavy (non-hydrogen) atoms. The van der Waals surface area contributed by atoms with E-state index in [1.807, 2.05) is 27.7 Å². The molecule has 3 atom stereocenters. The molecule has 0 aromatic carbocycles. The van der Waals surface area contributed by atoms with Crippen molar-refractivity contribution < 1.29 is 18.8 Å². The van der Waals surface area contributed by atoms with Crippen LogP contribution in [0.3, 0.4) is 0 Å². The van der Waals surface area contributed by atoms with Gasteiger partial charge in [-0.05, 0) is 45.8 Å². The molecule has 154 valence electrons. The van der Waals surface area contributed by atoms with E-state index in [1.165, 1.54) is 0 Å². The van der Waals surface area contributed by atoms with E-state index in [1.54, 1.807) is 16.7 Å². The number of thioether (sulfide) groups is 1. The molecule has 2 aliphatic rings. The average Bonchev–Trinajstić information content (AvgIpc) is 2.78. The molecule has 0 unspecified atom stereocenters. The average molecular weight is 526 g/mol. The van der Waals surface area contributed by atoms with Gasteiger partial charge in [0, 0.05) is 9.33 Å². The summed E-state index contributed by atoms with van der Waals surface area (Å²) in [6.07, 6.45) is -0.166. The molecule has 2 aliphatic heterocycles. The number of esters is 1. The van der Waals surface area contributed by atoms with Crippen LogP contribution in [-0.4, -0.2) is 46.6 Å². The van der Waals surface area contributed by atoms with E-state index in [9.17, 15) is 9.59 Å². The third-order valence-corrected chi connectivity index (χ3v) is 12.6. The van der Waals surface area contributed by atoms with Crippen molar-refractivity contribution in [2.45, 2.75) is 83.7 Å². The van der Waals surface area contributed by atoms with Gasteiger partial charge in [0.25, 0.3) is 0 Å². The van der Waals surface area contributed by atoms with E-state index in [-0.39, 0.29) is 28.3 Å². The van der Waals surface area contributed by atoms with Gasteiger partial charge in [0.1, 0.15) is 16.7 Å². The third-order valence-electron chi connectivity index (χ3n) is 5.36. The number of carbonyl (C=O) groups excluding carboxylic acids is 2. The van der Waals surface area contributed by atoms with Crippen LogP contribution < -0.4 is 0 Å². The summed E-state index contributed by atoms with van der Waals surface area (Å²) in [5, 5.41) is 0.0219. The molecule has 1 amide bonds. The molecule has 8 heteroatoms. The first kappa shape index (κ1) is 23.2. The molecular formula is C19H32INO4SSi. The van der Waals surface area contributed by atoms with Gasteiger partial charge in [-0.15, -0.1) is 11.8 Å². The first-order valence-electron chi connectivity index (χ1n) is 9.31. The maximum Gasteiger partial charge on any atom is 0.356 e. The van der Waals surface area contributed by atoms with E-state index in [0.717, 1.165) is 4.91 Å². The van der Waals surface area contributed by atoms with E-state index in [4.69, 9.17) is 9.16 Å². The van der Waals surface area contributed by atoms with Gasteiger partial charge in [0.05, 0.1) is 12.0 Å². The topological polar surface area (TPSA) is 55.8 Å². The van der Waals surface area contributed by atoms with Crippen LogP contribution in [0.4, 0.5) is 0 Å². The highest BCUT2D eigenvalue weighted by atomic mass is 127. The van der Waals surface area contributed by atoms with Gasteiger partial charge in [-0.3, -0.25) is 9.69 Å². The van der Waals surface area contributed by atoms with Gasteiger partial charge in [0.2, 0.25) is 5.91 Å². The fourth-order valence-electron chi connectivity index (χ4n) is 2.97. The smallest absolute Gasteiger partial charge is 0.356 e. The van der Waals surface area contributed by atoms with Gasteiger partial charge in [-0.25, -0.2) is 4.79 Å². The van der Waals surface area contributed by atoms with Gasteiger partial charge >= 0.3 is 5.97 Å². The molecule has 2 rings (SSSR count). The zero-order chi connectivity index (χ0) is 20.9. The number of rotatable bonds is 5. The summed E-state index contributed by atoms with van der Waals surface area (Å²) in [6.45, 7) is 18.5. The second-order valence-electron chi connectivity index (χ2n) is 9.73. The van der Waals surface area contributed by atoms with Crippen LogP contribution >= 0.6 is 34.4 Å². The quantitative estimate of drug-likeness (QED) is 0.168. The van der Waals surface area contributed by atoms with E-state index >= 15 is 0 Å². The molecule has 2 heterocycles. The minimum atomic E-state index is -1.97. The molecule has 1 saturated heterocycles. The zero-order valence-corrected chi connectivity index (χ0v) is 21.8. The van der Waals surface area contributed by atoms with Crippen molar-refractivity contribution in [3.63, 3.8) is 0 Å². The number of allylic oxidation sites excluding steroid dienone is 1. The van der Waals surface area contributed by atoms with Gasteiger partial charge in [-0.2, -0.15) is 0 Å². The largest absolute Gasteiger partial charge is 0.455 e. The molecule has 0 saturated carbocycles. The number of ether oxygens (including phenoxy) is 1. The Bertz CT molecular complexity index is 666. The summed E-state index contributed by atoms with van der Waals surface area (Å²) in [7, 11) is -1.97. The molecule has 5 nitrogen and oxygen atoms in total. The van der Waals surface area contributed by atoms with E-state index in [2.05, 4.69) is 56.5 Å². The SMILES string of the molecule is C[C@@H](O[Si](C)(C)C(C)(C)C)[C@H]1C(=O)N2C(C(=O)OC(C)(C)C)=C(CI)S[C@H]12. The minimum absolute atomic E-state index is 0.0283. The predicted molar refractivity (Wildman–Crippen MR) is 121 cm³/mol. The second kappa shape index (κ2) is 7.64. The molecule has 1 fully saturated rings. The van der Waals surface area contributed by atoms with Crippen molar-refractivity contribution >= 4 is 54.5 Å². The first-order chi connectivity index (χ1) is 12.1. The van der Waals surface area contributed by atoms with Crippen LogP contribution in [-0.2, 0) is 18.8 Å². The van der Waals surface area contributed by atoms with E-state index in [0.29, 0.717) is 10.1 Å². The van der Waals surface area contributed by atoms with Crippen molar-refractivity contribution in [2.24, 2.45) is 5.92 Å². The van der Waals surface area contributed by atoms with Crippen molar-refractivity contribution in [1.82, 2.24) is 4.90 Å².